The van der Waals surface area contributed by atoms with E-state index in [9.17, 15) is 9.59 Å². The summed E-state index contributed by atoms with van der Waals surface area (Å²) >= 11 is 0. The summed E-state index contributed by atoms with van der Waals surface area (Å²) < 4.78 is 0. The fraction of sp³-hybridized carbons (Fsp3) is 0.818. The van der Waals surface area contributed by atoms with Crippen molar-refractivity contribution in [2.75, 3.05) is 13.2 Å². The molecule has 1 saturated heterocycles. The molecule has 1 rings (SSSR count). The number of carboxylic acids is 1. The van der Waals surface area contributed by atoms with Gasteiger partial charge in [0.2, 0.25) is 5.91 Å². The fourth-order valence-electron chi connectivity index (χ4n) is 1.91. The lowest BCUT2D eigenvalue weighted by atomic mass is 10.1. The van der Waals surface area contributed by atoms with Crippen LogP contribution >= 0.6 is 0 Å². The standard InChI is InChI=1S/C11H20N2O4/c14-5-3-1-2-4-10(15)13-8-6-9(11(16)17)12-7-8/h8-9,12,14H,1-7H2,(H,13,15)(H,16,17). The van der Waals surface area contributed by atoms with Crippen LogP contribution in [0.3, 0.4) is 0 Å². The minimum atomic E-state index is -0.871. The van der Waals surface area contributed by atoms with Crippen LogP contribution in [0.5, 0.6) is 0 Å². The van der Waals surface area contributed by atoms with Crippen LogP contribution in [-0.2, 0) is 9.59 Å². The number of unbranched alkanes of at least 4 members (excludes halogenated alkanes) is 2. The topological polar surface area (TPSA) is 98.7 Å². The normalized spacial score (nSPS) is 23.6. The summed E-state index contributed by atoms with van der Waals surface area (Å²) in [6.45, 7) is 0.674. The van der Waals surface area contributed by atoms with Crippen LogP contribution in [0.4, 0.5) is 0 Å². The third-order valence-electron chi connectivity index (χ3n) is 2.86. The summed E-state index contributed by atoms with van der Waals surface area (Å²) in [5.41, 5.74) is 0. The predicted octanol–water partition coefficient (Wildman–Crippen LogP) is -0.530. The number of aliphatic carboxylic acids is 1. The Kier molecular flexibility index (Phi) is 5.93. The average Bonchev–Trinajstić information content (AvgIpc) is 2.73. The van der Waals surface area contributed by atoms with Gasteiger partial charge in [-0.05, 0) is 19.3 Å². The Morgan fingerprint density at radius 1 is 1.29 bits per heavy atom. The van der Waals surface area contributed by atoms with Crippen molar-refractivity contribution >= 4 is 11.9 Å². The molecule has 1 aliphatic heterocycles. The van der Waals surface area contributed by atoms with Crippen molar-refractivity contribution in [1.29, 1.82) is 0 Å². The van der Waals surface area contributed by atoms with E-state index in [1.807, 2.05) is 0 Å². The summed E-state index contributed by atoms with van der Waals surface area (Å²) in [7, 11) is 0. The molecule has 0 aromatic rings. The van der Waals surface area contributed by atoms with E-state index in [-0.39, 0.29) is 18.6 Å². The monoisotopic (exact) mass is 244 g/mol. The minimum Gasteiger partial charge on any atom is -0.480 e. The number of carboxylic acid groups (broad SMARTS) is 1. The molecule has 1 fully saturated rings. The van der Waals surface area contributed by atoms with E-state index in [0.29, 0.717) is 19.4 Å². The predicted molar refractivity (Wildman–Crippen MR) is 61.5 cm³/mol. The molecule has 98 valence electrons. The summed E-state index contributed by atoms with van der Waals surface area (Å²) in [6.07, 6.45) is 3.20. The SMILES string of the molecule is O=C(CCCCCO)NC1CNC(C(=O)O)C1. The average molecular weight is 244 g/mol. The molecule has 1 amide bonds. The zero-order valence-electron chi connectivity index (χ0n) is 9.82. The van der Waals surface area contributed by atoms with Crippen LogP contribution in [0.25, 0.3) is 0 Å². The highest BCUT2D eigenvalue weighted by molar-refractivity contribution is 5.77. The van der Waals surface area contributed by atoms with Crippen molar-refractivity contribution in [3.05, 3.63) is 0 Å². The molecule has 0 saturated carbocycles. The van der Waals surface area contributed by atoms with E-state index < -0.39 is 12.0 Å². The molecule has 2 atom stereocenters. The van der Waals surface area contributed by atoms with Crippen LogP contribution in [0.2, 0.25) is 0 Å². The zero-order chi connectivity index (χ0) is 12.7. The number of aliphatic hydroxyl groups excluding tert-OH is 1. The van der Waals surface area contributed by atoms with E-state index >= 15 is 0 Å². The maximum Gasteiger partial charge on any atom is 0.320 e. The molecule has 0 aromatic carbocycles. The second-order valence-electron chi connectivity index (χ2n) is 4.33. The number of hydrogen-bond acceptors (Lipinski definition) is 4. The summed E-state index contributed by atoms with van der Waals surface area (Å²) in [4.78, 5) is 22.2. The molecule has 0 radical (unpaired) electrons. The van der Waals surface area contributed by atoms with Crippen molar-refractivity contribution in [3.63, 3.8) is 0 Å². The molecular weight excluding hydrogens is 224 g/mol. The number of aliphatic hydroxyl groups is 1. The van der Waals surface area contributed by atoms with E-state index in [1.165, 1.54) is 0 Å². The summed E-state index contributed by atoms with van der Waals surface area (Å²) in [6, 6.07) is -0.629. The van der Waals surface area contributed by atoms with Gasteiger partial charge in [-0.3, -0.25) is 9.59 Å². The highest BCUT2D eigenvalue weighted by atomic mass is 16.4. The first-order valence-electron chi connectivity index (χ1n) is 6.00. The number of carbonyl (C=O) groups excluding carboxylic acids is 1. The molecule has 0 spiro atoms. The molecule has 0 aliphatic carbocycles. The molecule has 1 heterocycles. The number of nitrogens with one attached hydrogen (secondary N) is 2. The van der Waals surface area contributed by atoms with Crippen LogP contribution in [0.15, 0.2) is 0 Å². The molecule has 4 N–H and O–H groups in total. The number of rotatable bonds is 7. The molecular formula is C11H20N2O4. The summed E-state index contributed by atoms with van der Waals surface area (Å²) in [5, 5.41) is 23.0. The van der Waals surface area contributed by atoms with Gasteiger partial charge in [-0.15, -0.1) is 0 Å². The highest BCUT2D eigenvalue weighted by Crippen LogP contribution is 2.07. The van der Waals surface area contributed by atoms with Gasteiger partial charge in [0, 0.05) is 25.6 Å². The second-order valence-corrected chi connectivity index (χ2v) is 4.33. The Bertz CT molecular complexity index is 270. The largest absolute Gasteiger partial charge is 0.480 e. The molecule has 0 bridgehead atoms. The first-order chi connectivity index (χ1) is 8.13. The van der Waals surface area contributed by atoms with Gasteiger partial charge in [-0.2, -0.15) is 0 Å². The fourth-order valence-corrected chi connectivity index (χ4v) is 1.91. The minimum absolute atomic E-state index is 0.0409. The van der Waals surface area contributed by atoms with Gasteiger partial charge in [0.1, 0.15) is 6.04 Å². The molecule has 17 heavy (non-hydrogen) atoms. The van der Waals surface area contributed by atoms with Gasteiger partial charge < -0.3 is 20.8 Å². The molecule has 0 aromatic heterocycles. The molecule has 6 nitrogen and oxygen atoms in total. The number of amides is 1. The quantitative estimate of drug-likeness (QED) is 0.451. The lowest BCUT2D eigenvalue weighted by Crippen LogP contribution is -2.36. The Morgan fingerprint density at radius 2 is 2.06 bits per heavy atom. The Morgan fingerprint density at radius 3 is 2.65 bits per heavy atom. The van der Waals surface area contributed by atoms with Gasteiger partial charge in [0.15, 0.2) is 0 Å². The third kappa shape index (κ3) is 5.14. The first-order valence-corrected chi connectivity index (χ1v) is 6.00. The number of carbonyl (C=O) groups is 2. The van der Waals surface area contributed by atoms with Crippen LogP contribution in [0.1, 0.15) is 32.1 Å². The number of hydrogen-bond donors (Lipinski definition) is 4. The van der Waals surface area contributed by atoms with Crippen molar-refractivity contribution in [2.24, 2.45) is 0 Å². The van der Waals surface area contributed by atoms with Gasteiger partial charge in [-0.1, -0.05) is 6.42 Å². The van der Waals surface area contributed by atoms with Gasteiger partial charge in [-0.25, -0.2) is 0 Å². The van der Waals surface area contributed by atoms with Crippen LogP contribution < -0.4 is 10.6 Å². The smallest absolute Gasteiger partial charge is 0.320 e. The molecule has 6 heteroatoms. The lowest BCUT2D eigenvalue weighted by Gasteiger charge is -2.11. The second kappa shape index (κ2) is 7.24. The zero-order valence-corrected chi connectivity index (χ0v) is 9.82. The molecule has 1 aliphatic rings. The van der Waals surface area contributed by atoms with E-state index in [1.54, 1.807) is 0 Å². The van der Waals surface area contributed by atoms with Crippen molar-refractivity contribution in [3.8, 4) is 0 Å². The van der Waals surface area contributed by atoms with E-state index in [4.69, 9.17) is 10.2 Å². The maximum atomic E-state index is 11.5. The Hall–Kier alpha value is -1.14. The van der Waals surface area contributed by atoms with Gasteiger partial charge in [0.05, 0.1) is 0 Å². The maximum absolute atomic E-state index is 11.5. The van der Waals surface area contributed by atoms with E-state index in [2.05, 4.69) is 10.6 Å². The Labute approximate surface area is 100 Å². The van der Waals surface area contributed by atoms with Crippen molar-refractivity contribution < 1.29 is 19.8 Å². The summed E-state index contributed by atoms with van der Waals surface area (Å²) in [5.74, 6) is -0.912. The Balaban J connectivity index is 2.13. The lowest BCUT2D eigenvalue weighted by molar-refractivity contribution is -0.139. The van der Waals surface area contributed by atoms with Gasteiger partial charge in [0.25, 0.3) is 0 Å². The van der Waals surface area contributed by atoms with Crippen molar-refractivity contribution in [1.82, 2.24) is 10.6 Å². The highest BCUT2D eigenvalue weighted by Gasteiger charge is 2.29. The van der Waals surface area contributed by atoms with Crippen molar-refractivity contribution in [2.45, 2.75) is 44.2 Å². The van der Waals surface area contributed by atoms with E-state index in [0.717, 1.165) is 19.3 Å². The third-order valence-corrected chi connectivity index (χ3v) is 2.86. The van der Waals surface area contributed by atoms with Crippen LogP contribution in [-0.4, -0.2) is 47.3 Å². The first kappa shape index (κ1) is 13.9. The van der Waals surface area contributed by atoms with Crippen LogP contribution in [0, 0.1) is 0 Å². The molecule has 2 unspecified atom stereocenters. The van der Waals surface area contributed by atoms with Gasteiger partial charge >= 0.3 is 5.97 Å².